The first-order chi connectivity index (χ1) is 8.24. The number of nitriles is 1. The average molecular weight is 242 g/mol. The maximum Gasteiger partial charge on any atom is 0.101 e. The molecule has 0 bridgehead atoms. The van der Waals surface area contributed by atoms with E-state index in [-0.39, 0.29) is 0 Å². The SMILES string of the molecule is CCc1ccc(-c2ccc(Cl)c(C#N)c2)cc1. The molecule has 0 saturated heterocycles. The van der Waals surface area contributed by atoms with E-state index >= 15 is 0 Å². The van der Waals surface area contributed by atoms with Crippen LogP contribution in [-0.2, 0) is 6.42 Å². The number of aryl methyl sites for hydroxylation is 1. The molecule has 0 aliphatic heterocycles. The van der Waals surface area contributed by atoms with Gasteiger partial charge >= 0.3 is 0 Å². The zero-order valence-corrected chi connectivity index (χ0v) is 10.3. The van der Waals surface area contributed by atoms with Crippen molar-refractivity contribution < 1.29 is 0 Å². The standard InChI is InChI=1S/C15H12ClN/c1-2-11-3-5-12(6-4-11)13-7-8-15(16)14(9-13)10-17/h3-9H,2H2,1H3. The molecule has 2 aromatic rings. The lowest BCUT2D eigenvalue weighted by molar-refractivity contribution is 1.14. The van der Waals surface area contributed by atoms with E-state index in [1.807, 2.05) is 12.1 Å². The van der Waals surface area contributed by atoms with Gasteiger partial charge in [-0.05, 0) is 35.2 Å². The third-order valence-corrected chi connectivity index (χ3v) is 3.11. The van der Waals surface area contributed by atoms with Crippen LogP contribution in [0.25, 0.3) is 11.1 Å². The summed E-state index contributed by atoms with van der Waals surface area (Å²) in [6.07, 6.45) is 1.03. The number of rotatable bonds is 2. The first-order valence-corrected chi connectivity index (χ1v) is 5.91. The smallest absolute Gasteiger partial charge is 0.101 e. The zero-order chi connectivity index (χ0) is 12.3. The number of benzene rings is 2. The molecule has 2 heteroatoms. The molecule has 0 unspecified atom stereocenters. The van der Waals surface area contributed by atoms with Gasteiger partial charge in [-0.2, -0.15) is 5.26 Å². The molecule has 0 heterocycles. The maximum atomic E-state index is 8.94. The maximum absolute atomic E-state index is 8.94. The minimum absolute atomic E-state index is 0.501. The molecule has 1 nitrogen and oxygen atoms in total. The summed E-state index contributed by atoms with van der Waals surface area (Å²) in [6, 6.07) is 16.0. The van der Waals surface area contributed by atoms with Gasteiger partial charge in [-0.15, -0.1) is 0 Å². The van der Waals surface area contributed by atoms with Crippen LogP contribution in [0.1, 0.15) is 18.1 Å². The van der Waals surface area contributed by atoms with Gasteiger partial charge in [0.25, 0.3) is 0 Å². The van der Waals surface area contributed by atoms with Crippen LogP contribution in [0.15, 0.2) is 42.5 Å². The summed E-state index contributed by atoms with van der Waals surface area (Å²) in [6.45, 7) is 2.13. The van der Waals surface area contributed by atoms with Crippen LogP contribution in [0.5, 0.6) is 0 Å². The number of nitrogens with zero attached hydrogens (tertiary/aromatic N) is 1. The fourth-order valence-corrected chi connectivity index (χ4v) is 1.88. The van der Waals surface area contributed by atoms with Crippen molar-refractivity contribution in [3.63, 3.8) is 0 Å². The van der Waals surface area contributed by atoms with Gasteiger partial charge in [0.2, 0.25) is 0 Å². The van der Waals surface area contributed by atoms with E-state index < -0.39 is 0 Å². The van der Waals surface area contributed by atoms with E-state index in [0.717, 1.165) is 17.5 Å². The summed E-state index contributed by atoms with van der Waals surface area (Å²) in [7, 11) is 0. The van der Waals surface area contributed by atoms with Gasteiger partial charge in [0.05, 0.1) is 10.6 Å². The Hall–Kier alpha value is -1.78. The van der Waals surface area contributed by atoms with Crippen molar-refractivity contribution in [1.82, 2.24) is 0 Å². The minimum atomic E-state index is 0.501. The zero-order valence-electron chi connectivity index (χ0n) is 9.57. The molecule has 2 aromatic carbocycles. The van der Waals surface area contributed by atoms with Crippen LogP contribution in [0, 0.1) is 11.3 Å². The van der Waals surface area contributed by atoms with Gasteiger partial charge in [-0.25, -0.2) is 0 Å². The molecule has 84 valence electrons. The lowest BCUT2D eigenvalue weighted by Crippen LogP contribution is -1.83. The predicted molar refractivity (Wildman–Crippen MR) is 71.0 cm³/mol. The highest BCUT2D eigenvalue weighted by atomic mass is 35.5. The highest BCUT2D eigenvalue weighted by molar-refractivity contribution is 6.31. The molecule has 0 aliphatic rings. The van der Waals surface area contributed by atoms with Crippen LogP contribution >= 0.6 is 11.6 Å². The Morgan fingerprint density at radius 1 is 1.06 bits per heavy atom. The van der Waals surface area contributed by atoms with E-state index in [1.165, 1.54) is 5.56 Å². The van der Waals surface area contributed by atoms with Gasteiger partial charge in [0.1, 0.15) is 6.07 Å². The minimum Gasteiger partial charge on any atom is -0.192 e. The lowest BCUT2D eigenvalue weighted by Gasteiger charge is -2.04. The van der Waals surface area contributed by atoms with Gasteiger partial charge in [0, 0.05) is 0 Å². The summed E-state index contributed by atoms with van der Waals surface area (Å²) in [5.41, 5.74) is 3.95. The second-order valence-electron chi connectivity index (χ2n) is 3.86. The molecule has 0 aromatic heterocycles. The van der Waals surface area contributed by atoms with Crippen LogP contribution < -0.4 is 0 Å². The van der Waals surface area contributed by atoms with Gasteiger partial charge in [-0.3, -0.25) is 0 Å². The van der Waals surface area contributed by atoms with Crippen LogP contribution in [0.4, 0.5) is 0 Å². The Bertz CT molecular complexity index is 564. The number of hydrogen-bond acceptors (Lipinski definition) is 1. The summed E-state index contributed by atoms with van der Waals surface area (Å²) >= 11 is 5.91. The highest BCUT2D eigenvalue weighted by Crippen LogP contribution is 2.25. The summed E-state index contributed by atoms with van der Waals surface area (Å²) in [5, 5.41) is 9.44. The third kappa shape index (κ3) is 2.49. The predicted octanol–water partition coefficient (Wildman–Crippen LogP) is 4.44. The molecule has 0 fully saturated rings. The largest absolute Gasteiger partial charge is 0.192 e. The summed E-state index contributed by atoms with van der Waals surface area (Å²) < 4.78 is 0. The lowest BCUT2D eigenvalue weighted by atomic mass is 10.0. The van der Waals surface area contributed by atoms with E-state index in [0.29, 0.717) is 10.6 Å². The van der Waals surface area contributed by atoms with E-state index in [4.69, 9.17) is 16.9 Å². The molecular weight excluding hydrogens is 230 g/mol. The number of halogens is 1. The Labute approximate surface area is 106 Å². The van der Waals surface area contributed by atoms with Gasteiger partial charge < -0.3 is 0 Å². The molecular formula is C15H12ClN. The summed E-state index contributed by atoms with van der Waals surface area (Å²) in [4.78, 5) is 0. The van der Waals surface area contributed by atoms with Crippen molar-refractivity contribution in [3.8, 4) is 17.2 Å². The number of hydrogen-bond donors (Lipinski definition) is 0. The molecule has 0 aliphatic carbocycles. The second kappa shape index (κ2) is 5.03. The van der Waals surface area contributed by atoms with Gasteiger partial charge in [-0.1, -0.05) is 48.9 Å². The fraction of sp³-hybridized carbons (Fsp3) is 0.133. The highest BCUT2D eigenvalue weighted by Gasteiger charge is 2.03. The fourth-order valence-electron chi connectivity index (χ4n) is 1.72. The van der Waals surface area contributed by atoms with Crippen molar-refractivity contribution in [1.29, 1.82) is 5.26 Å². The molecule has 0 saturated carbocycles. The van der Waals surface area contributed by atoms with Crippen LogP contribution in [0.2, 0.25) is 5.02 Å². The van der Waals surface area contributed by atoms with E-state index in [1.54, 1.807) is 6.07 Å². The first-order valence-electron chi connectivity index (χ1n) is 5.53. The Kier molecular flexibility index (Phi) is 3.46. The van der Waals surface area contributed by atoms with Crippen molar-refractivity contribution in [2.45, 2.75) is 13.3 Å². The Morgan fingerprint density at radius 2 is 1.71 bits per heavy atom. The van der Waals surface area contributed by atoms with Crippen molar-refractivity contribution in [2.24, 2.45) is 0 Å². The van der Waals surface area contributed by atoms with Gasteiger partial charge in [0.15, 0.2) is 0 Å². The Balaban J connectivity index is 2.43. The van der Waals surface area contributed by atoms with Crippen molar-refractivity contribution in [3.05, 3.63) is 58.6 Å². The molecule has 17 heavy (non-hydrogen) atoms. The normalized spacial score (nSPS) is 9.94. The third-order valence-electron chi connectivity index (χ3n) is 2.78. The topological polar surface area (TPSA) is 23.8 Å². The van der Waals surface area contributed by atoms with Crippen molar-refractivity contribution >= 4 is 11.6 Å². The molecule has 2 rings (SSSR count). The second-order valence-corrected chi connectivity index (χ2v) is 4.26. The van der Waals surface area contributed by atoms with Crippen LogP contribution in [-0.4, -0.2) is 0 Å². The van der Waals surface area contributed by atoms with E-state index in [2.05, 4.69) is 37.3 Å². The van der Waals surface area contributed by atoms with Crippen molar-refractivity contribution in [2.75, 3.05) is 0 Å². The van der Waals surface area contributed by atoms with E-state index in [9.17, 15) is 0 Å². The quantitative estimate of drug-likeness (QED) is 0.763. The molecule has 0 amide bonds. The molecule has 0 radical (unpaired) electrons. The molecule has 0 N–H and O–H groups in total. The van der Waals surface area contributed by atoms with Crippen LogP contribution in [0.3, 0.4) is 0 Å². The summed E-state index contributed by atoms with van der Waals surface area (Å²) in [5.74, 6) is 0. The molecule has 0 atom stereocenters. The monoisotopic (exact) mass is 241 g/mol. The first kappa shape index (κ1) is 11.7. The molecule has 0 spiro atoms. The average Bonchev–Trinajstić information content (AvgIpc) is 2.39. The Morgan fingerprint density at radius 3 is 2.29 bits per heavy atom.